The molecule has 0 aliphatic carbocycles. The van der Waals surface area contributed by atoms with Crippen molar-refractivity contribution in [3.05, 3.63) is 12.3 Å². The molecule has 12 heavy (non-hydrogen) atoms. The molecule has 1 aliphatic rings. The highest BCUT2D eigenvalue weighted by molar-refractivity contribution is 4.84. The molecule has 0 unspecified atom stereocenters. The molecule has 1 saturated heterocycles. The molecule has 70 valence electrons. The van der Waals surface area contributed by atoms with Crippen LogP contribution in [0.25, 0.3) is 0 Å². The van der Waals surface area contributed by atoms with Crippen molar-refractivity contribution in [1.82, 2.24) is 10.6 Å². The van der Waals surface area contributed by atoms with Crippen LogP contribution in [0.15, 0.2) is 12.3 Å². The molecule has 0 radical (unpaired) electrons. The van der Waals surface area contributed by atoms with Crippen LogP contribution in [0, 0.1) is 5.92 Å². The van der Waals surface area contributed by atoms with Crippen LogP contribution in [-0.2, 0) is 0 Å². The summed E-state index contributed by atoms with van der Waals surface area (Å²) in [6, 6.07) is 0. The Morgan fingerprint density at radius 1 is 1.50 bits per heavy atom. The number of allylic oxidation sites excluding steroid dienone is 1. The van der Waals surface area contributed by atoms with Crippen molar-refractivity contribution in [3.8, 4) is 0 Å². The second kappa shape index (κ2) is 5.20. The summed E-state index contributed by atoms with van der Waals surface area (Å²) in [5.74, 6) is 0.929. The average molecular weight is 168 g/mol. The quantitative estimate of drug-likeness (QED) is 0.664. The lowest BCUT2D eigenvalue weighted by atomic mass is 9.95. The van der Waals surface area contributed by atoms with Crippen molar-refractivity contribution in [2.75, 3.05) is 19.6 Å². The summed E-state index contributed by atoms with van der Waals surface area (Å²) in [7, 11) is 0. The molecule has 0 bridgehead atoms. The topological polar surface area (TPSA) is 24.1 Å². The second-order valence-electron chi connectivity index (χ2n) is 3.69. The molecule has 1 aliphatic heterocycles. The summed E-state index contributed by atoms with van der Waals surface area (Å²) in [5.41, 5.74) is 1.09. The molecule has 1 fully saturated rings. The maximum absolute atomic E-state index is 3.81. The van der Waals surface area contributed by atoms with E-state index in [1.165, 1.54) is 32.4 Å². The largest absolute Gasteiger partial charge is 0.389 e. The predicted molar refractivity (Wildman–Crippen MR) is 53.0 cm³/mol. The van der Waals surface area contributed by atoms with Crippen LogP contribution in [0.2, 0.25) is 0 Å². The minimum Gasteiger partial charge on any atom is -0.389 e. The van der Waals surface area contributed by atoms with E-state index in [9.17, 15) is 0 Å². The number of hydrogen-bond donors (Lipinski definition) is 2. The molecule has 2 heteroatoms. The SMILES string of the molecule is C=C(C)NCCC1CCNCC1. The fraction of sp³-hybridized carbons (Fsp3) is 0.800. The zero-order valence-corrected chi connectivity index (χ0v) is 8.03. The Bertz CT molecular complexity index is 137. The first kappa shape index (κ1) is 9.59. The van der Waals surface area contributed by atoms with E-state index in [0.29, 0.717) is 0 Å². The fourth-order valence-corrected chi connectivity index (χ4v) is 1.66. The Labute approximate surface area is 75.4 Å². The summed E-state index contributed by atoms with van der Waals surface area (Å²) < 4.78 is 0. The monoisotopic (exact) mass is 168 g/mol. The van der Waals surface area contributed by atoms with Crippen LogP contribution in [0.3, 0.4) is 0 Å². The van der Waals surface area contributed by atoms with Crippen LogP contribution in [0.1, 0.15) is 26.2 Å². The zero-order valence-electron chi connectivity index (χ0n) is 8.03. The third kappa shape index (κ3) is 3.77. The van der Waals surface area contributed by atoms with Gasteiger partial charge in [-0.2, -0.15) is 0 Å². The molecule has 2 nitrogen and oxygen atoms in total. The summed E-state index contributed by atoms with van der Waals surface area (Å²) >= 11 is 0. The van der Waals surface area contributed by atoms with E-state index in [0.717, 1.165) is 18.2 Å². The molecule has 2 N–H and O–H groups in total. The number of nitrogens with one attached hydrogen (secondary N) is 2. The van der Waals surface area contributed by atoms with Gasteiger partial charge in [-0.15, -0.1) is 0 Å². The van der Waals surface area contributed by atoms with E-state index in [-0.39, 0.29) is 0 Å². The third-order valence-corrected chi connectivity index (χ3v) is 2.44. The Morgan fingerprint density at radius 2 is 2.17 bits per heavy atom. The van der Waals surface area contributed by atoms with Gasteiger partial charge in [0.1, 0.15) is 0 Å². The van der Waals surface area contributed by atoms with Crippen molar-refractivity contribution in [2.45, 2.75) is 26.2 Å². The maximum atomic E-state index is 3.81. The smallest absolute Gasteiger partial charge is 0.0146 e. The van der Waals surface area contributed by atoms with Gasteiger partial charge in [0.2, 0.25) is 0 Å². The first-order chi connectivity index (χ1) is 5.79. The number of hydrogen-bond acceptors (Lipinski definition) is 2. The minimum atomic E-state index is 0.929. The van der Waals surface area contributed by atoms with Crippen molar-refractivity contribution in [1.29, 1.82) is 0 Å². The van der Waals surface area contributed by atoms with Gasteiger partial charge >= 0.3 is 0 Å². The average Bonchev–Trinajstić information content (AvgIpc) is 2.05. The van der Waals surface area contributed by atoms with Crippen molar-refractivity contribution in [2.24, 2.45) is 5.92 Å². The van der Waals surface area contributed by atoms with Gasteiger partial charge in [0.15, 0.2) is 0 Å². The standard InChI is InChI=1S/C10H20N2/c1-9(2)12-8-5-10-3-6-11-7-4-10/h10-12H,1,3-8H2,2H3. The number of rotatable bonds is 4. The summed E-state index contributed by atoms with van der Waals surface area (Å²) in [6.45, 7) is 9.34. The second-order valence-corrected chi connectivity index (χ2v) is 3.69. The van der Waals surface area contributed by atoms with E-state index >= 15 is 0 Å². The first-order valence-electron chi connectivity index (χ1n) is 4.89. The van der Waals surface area contributed by atoms with E-state index in [1.807, 2.05) is 6.92 Å². The van der Waals surface area contributed by atoms with Gasteiger partial charge in [0.25, 0.3) is 0 Å². The van der Waals surface area contributed by atoms with E-state index in [4.69, 9.17) is 0 Å². The van der Waals surface area contributed by atoms with Crippen molar-refractivity contribution >= 4 is 0 Å². The van der Waals surface area contributed by atoms with Gasteiger partial charge in [0, 0.05) is 12.2 Å². The summed E-state index contributed by atoms with van der Waals surface area (Å²) in [4.78, 5) is 0. The highest BCUT2D eigenvalue weighted by Gasteiger charge is 2.11. The lowest BCUT2D eigenvalue weighted by molar-refractivity contribution is 0.352. The highest BCUT2D eigenvalue weighted by Crippen LogP contribution is 2.14. The lowest BCUT2D eigenvalue weighted by Gasteiger charge is -2.22. The van der Waals surface area contributed by atoms with Crippen LogP contribution in [0.5, 0.6) is 0 Å². The van der Waals surface area contributed by atoms with Crippen LogP contribution >= 0.6 is 0 Å². The van der Waals surface area contributed by atoms with Crippen molar-refractivity contribution in [3.63, 3.8) is 0 Å². The van der Waals surface area contributed by atoms with Gasteiger partial charge in [-0.3, -0.25) is 0 Å². The van der Waals surface area contributed by atoms with Crippen LogP contribution in [0.4, 0.5) is 0 Å². The number of piperidine rings is 1. The van der Waals surface area contributed by atoms with Gasteiger partial charge in [0.05, 0.1) is 0 Å². The van der Waals surface area contributed by atoms with E-state index in [1.54, 1.807) is 0 Å². The molecule has 1 heterocycles. The normalized spacial score (nSPS) is 19.1. The van der Waals surface area contributed by atoms with Gasteiger partial charge < -0.3 is 10.6 Å². The first-order valence-corrected chi connectivity index (χ1v) is 4.89. The van der Waals surface area contributed by atoms with Crippen molar-refractivity contribution < 1.29 is 0 Å². The fourth-order valence-electron chi connectivity index (χ4n) is 1.66. The molecule has 0 aromatic heterocycles. The Hall–Kier alpha value is -0.500. The predicted octanol–water partition coefficient (Wildman–Crippen LogP) is 1.50. The Morgan fingerprint density at radius 3 is 2.75 bits per heavy atom. The van der Waals surface area contributed by atoms with Crippen LogP contribution in [-0.4, -0.2) is 19.6 Å². The molecule has 1 rings (SSSR count). The van der Waals surface area contributed by atoms with Gasteiger partial charge in [-0.05, 0) is 45.2 Å². The molecule has 0 atom stereocenters. The zero-order chi connectivity index (χ0) is 8.81. The van der Waals surface area contributed by atoms with E-state index in [2.05, 4.69) is 17.2 Å². The Kier molecular flexibility index (Phi) is 4.15. The highest BCUT2D eigenvalue weighted by atomic mass is 14.9. The van der Waals surface area contributed by atoms with Gasteiger partial charge in [-0.1, -0.05) is 6.58 Å². The van der Waals surface area contributed by atoms with E-state index < -0.39 is 0 Å². The summed E-state index contributed by atoms with van der Waals surface area (Å²) in [6.07, 6.45) is 3.99. The molecule has 0 amide bonds. The molecule has 0 saturated carbocycles. The third-order valence-electron chi connectivity index (χ3n) is 2.44. The molecular formula is C10H20N2. The molecule has 0 aromatic rings. The van der Waals surface area contributed by atoms with Crippen LogP contribution < -0.4 is 10.6 Å². The maximum Gasteiger partial charge on any atom is 0.0146 e. The van der Waals surface area contributed by atoms with Gasteiger partial charge in [-0.25, -0.2) is 0 Å². The molecule has 0 spiro atoms. The lowest BCUT2D eigenvalue weighted by Crippen LogP contribution is -2.29. The molecular weight excluding hydrogens is 148 g/mol. The minimum absolute atomic E-state index is 0.929. The molecule has 0 aromatic carbocycles. The summed E-state index contributed by atoms with van der Waals surface area (Å²) in [5, 5.41) is 6.65. The Balaban J connectivity index is 2.01.